The van der Waals surface area contributed by atoms with Crippen LogP contribution in [0.15, 0.2) is 24.3 Å². The Morgan fingerprint density at radius 3 is 2.26 bits per heavy atom. The number of hydrogen-bond donors (Lipinski definition) is 0. The molecular weight excluding hydrogens is 236 g/mol. The third-order valence-corrected chi connectivity index (χ3v) is 3.13. The summed E-state index contributed by atoms with van der Waals surface area (Å²) in [5, 5.41) is 10.5. The fourth-order valence-corrected chi connectivity index (χ4v) is 2.81. The van der Waals surface area contributed by atoms with Crippen molar-refractivity contribution >= 4 is 0 Å². The normalized spacial score (nSPS) is 12.5. The molecule has 19 heavy (non-hydrogen) atoms. The van der Waals surface area contributed by atoms with E-state index >= 15 is 0 Å². The van der Waals surface area contributed by atoms with Gasteiger partial charge < -0.3 is 4.74 Å². The highest BCUT2D eigenvalue weighted by Crippen LogP contribution is 2.40. The predicted octanol–water partition coefficient (Wildman–Crippen LogP) is 4.60. The Labute approximate surface area is 117 Å². The number of benzene rings is 1. The van der Waals surface area contributed by atoms with Crippen molar-refractivity contribution < 1.29 is 9.84 Å². The quantitative estimate of drug-likeness (QED) is 0.690. The molecule has 1 aromatic carbocycles. The molecule has 0 saturated carbocycles. The van der Waals surface area contributed by atoms with Crippen molar-refractivity contribution in [2.24, 2.45) is 5.41 Å². The van der Waals surface area contributed by atoms with Crippen LogP contribution >= 0.6 is 0 Å². The second-order valence-corrected chi connectivity index (χ2v) is 7.02. The van der Waals surface area contributed by atoms with E-state index in [1.807, 2.05) is 12.1 Å². The van der Waals surface area contributed by atoms with Gasteiger partial charge in [0.25, 0.3) is 0 Å². The molecule has 1 aromatic rings. The largest absolute Gasteiger partial charge is 0.493 e. The highest BCUT2D eigenvalue weighted by molar-refractivity contribution is 5.39. The van der Waals surface area contributed by atoms with E-state index in [2.05, 4.69) is 46.8 Å². The van der Waals surface area contributed by atoms with Gasteiger partial charge in [-0.3, -0.25) is 0 Å². The van der Waals surface area contributed by atoms with Crippen molar-refractivity contribution in [1.29, 1.82) is 0 Å². The molecule has 107 valence electrons. The molecule has 2 nitrogen and oxygen atoms in total. The van der Waals surface area contributed by atoms with Gasteiger partial charge in [0.2, 0.25) is 0 Å². The van der Waals surface area contributed by atoms with Gasteiger partial charge in [-0.05, 0) is 28.9 Å². The Kier molecular flexibility index (Phi) is 5.42. The minimum absolute atomic E-state index is 0.0618. The molecule has 0 N–H and O–H groups in total. The average molecular weight is 263 g/mol. The lowest BCUT2D eigenvalue weighted by Crippen LogP contribution is -2.25. The maximum atomic E-state index is 10.5. The molecule has 0 spiro atoms. The molecule has 0 bridgehead atoms. The summed E-state index contributed by atoms with van der Waals surface area (Å²) >= 11 is 0. The molecule has 0 aliphatic carbocycles. The summed E-state index contributed by atoms with van der Waals surface area (Å²) in [4.78, 5) is 0. The number of para-hydroxylation sites is 1. The van der Waals surface area contributed by atoms with Gasteiger partial charge in [0.05, 0.1) is 13.2 Å². The van der Waals surface area contributed by atoms with Gasteiger partial charge in [-0.2, -0.15) is 0 Å². The summed E-state index contributed by atoms with van der Waals surface area (Å²) in [5.41, 5.74) is 1.56. The monoisotopic (exact) mass is 263 g/mol. The van der Waals surface area contributed by atoms with Gasteiger partial charge in [-0.15, -0.1) is 0 Å². The molecule has 0 fully saturated rings. The van der Waals surface area contributed by atoms with Gasteiger partial charge >= 0.3 is 0 Å². The first kappa shape index (κ1) is 16.0. The van der Waals surface area contributed by atoms with Crippen molar-refractivity contribution in [3.8, 4) is 5.75 Å². The summed E-state index contributed by atoms with van der Waals surface area (Å²) in [5.74, 6) is 0.921. The van der Waals surface area contributed by atoms with Gasteiger partial charge in [0.1, 0.15) is 5.75 Å². The molecular formula is C17H27O2. The Hall–Kier alpha value is -1.02. The van der Waals surface area contributed by atoms with Gasteiger partial charge in [0, 0.05) is 6.42 Å². The maximum Gasteiger partial charge on any atom is 0.123 e. The van der Waals surface area contributed by atoms with Crippen molar-refractivity contribution in [3.05, 3.63) is 29.8 Å². The first-order chi connectivity index (χ1) is 8.76. The second-order valence-electron chi connectivity index (χ2n) is 7.02. The van der Waals surface area contributed by atoms with Crippen LogP contribution in [0.2, 0.25) is 0 Å². The summed E-state index contributed by atoms with van der Waals surface area (Å²) in [6.45, 7) is 11.7. The zero-order valence-corrected chi connectivity index (χ0v) is 13.0. The van der Waals surface area contributed by atoms with Crippen LogP contribution in [-0.4, -0.2) is 13.2 Å². The topological polar surface area (TPSA) is 29.1 Å². The van der Waals surface area contributed by atoms with E-state index < -0.39 is 0 Å². The minimum atomic E-state index is -0.0758. The lowest BCUT2D eigenvalue weighted by molar-refractivity contribution is 0.164. The van der Waals surface area contributed by atoms with Crippen LogP contribution < -0.4 is 4.74 Å². The van der Waals surface area contributed by atoms with E-state index in [4.69, 9.17) is 4.74 Å². The Morgan fingerprint density at radius 2 is 1.68 bits per heavy atom. The van der Waals surface area contributed by atoms with E-state index in [-0.39, 0.29) is 17.4 Å². The van der Waals surface area contributed by atoms with Crippen molar-refractivity contribution in [2.45, 2.75) is 52.9 Å². The molecule has 0 unspecified atom stereocenters. The Morgan fingerprint density at radius 1 is 1.05 bits per heavy atom. The van der Waals surface area contributed by atoms with E-state index in [9.17, 15) is 5.11 Å². The average Bonchev–Trinajstić information content (AvgIpc) is 2.27. The van der Waals surface area contributed by atoms with Crippen LogP contribution in [0.3, 0.4) is 0 Å². The van der Waals surface area contributed by atoms with E-state index in [0.717, 1.165) is 12.2 Å². The molecule has 0 saturated heterocycles. The Bertz CT molecular complexity index is 388. The molecule has 1 radical (unpaired) electrons. The number of rotatable bonds is 6. The summed E-state index contributed by atoms with van der Waals surface area (Å²) < 4.78 is 5.78. The maximum absolute atomic E-state index is 10.5. The third kappa shape index (κ3) is 5.23. The molecule has 1 rings (SSSR count). The van der Waals surface area contributed by atoms with Gasteiger partial charge in [-0.25, -0.2) is 5.11 Å². The third-order valence-electron chi connectivity index (χ3n) is 3.13. The van der Waals surface area contributed by atoms with Crippen LogP contribution in [-0.2, 0) is 10.5 Å². The highest BCUT2D eigenvalue weighted by atomic mass is 16.5. The van der Waals surface area contributed by atoms with Gasteiger partial charge in [0.15, 0.2) is 0 Å². The van der Waals surface area contributed by atoms with Crippen molar-refractivity contribution in [2.75, 3.05) is 13.2 Å². The lowest BCUT2D eigenvalue weighted by atomic mass is 9.72. The first-order valence-electron chi connectivity index (χ1n) is 7.07. The fourth-order valence-electron chi connectivity index (χ4n) is 2.81. The van der Waals surface area contributed by atoms with E-state index in [0.29, 0.717) is 13.0 Å². The summed E-state index contributed by atoms with van der Waals surface area (Å²) in [6, 6.07) is 8.19. The fraction of sp³-hybridized carbons (Fsp3) is 0.647. The lowest BCUT2D eigenvalue weighted by Gasteiger charge is -2.34. The van der Waals surface area contributed by atoms with Crippen LogP contribution in [0.25, 0.3) is 0 Å². The van der Waals surface area contributed by atoms with E-state index in [1.165, 1.54) is 5.56 Å². The van der Waals surface area contributed by atoms with E-state index in [1.54, 1.807) is 0 Å². The van der Waals surface area contributed by atoms with Crippen LogP contribution in [0.4, 0.5) is 0 Å². The molecule has 0 atom stereocenters. The SMILES string of the molecule is CC(C)(C)CC(C)(C)c1ccccc1OCCC[O]. The molecule has 2 heteroatoms. The highest BCUT2D eigenvalue weighted by Gasteiger charge is 2.29. The van der Waals surface area contributed by atoms with Gasteiger partial charge in [-0.1, -0.05) is 52.8 Å². The molecule has 0 amide bonds. The minimum Gasteiger partial charge on any atom is -0.493 e. The Balaban J connectivity index is 2.92. The second kappa shape index (κ2) is 6.42. The number of ether oxygens (including phenoxy) is 1. The standard InChI is InChI=1S/C17H27O2/c1-16(2,3)13-17(4,5)14-9-6-7-10-15(14)19-12-8-11-18/h6-7,9-10H,8,11-13H2,1-5H3. The smallest absolute Gasteiger partial charge is 0.123 e. The zero-order valence-electron chi connectivity index (χ0n) is 13.0. The first-order valence-corrected chi connectivity index (χ1v) is 7.07. The predicted molar refractivity (Wildman–Crippen MR) is 79.2 cm³/mol. The van der Waals surface area contributed by atoms with Crippen molar-refractivity contribution in [1.82, 2.24) is 0 Å². The summed E-state index contributed by atoms with van der Waals surface area (Å²) in [6.07, 6.45) is 1.65. The molecule has 0 heterocycles. The van der Waals surface area contributed by atoms with Crippen LogP contribution in [0, 0.1) is 5.41 Å². The number of hydrogen-bond acceptors (Lipinski definition) is 1. The molecule has 0 aliphatic heterocycles. The van der Waals surface area contributed by atoms with Crippen LogP contribution in [0.1, 0.15) is 53.0 Å². The van der Waals surface area contributed by atoms with Crippen LogP contribution in [0.5, 0.6) is 5.75 Å². The van der Waals surface area contributed by atoms with Crippen molar-refractivity contribution in [3.63, 3.8) is 0 Å². The summed E-state index contributed by atoms with van der Waals surface area (Å²) in [7, 11) is 0. The zero-order chi connectivity index (χ0) is 14.5. The molecule has 0 aromatic heterocycles. The molecule has 0 aliphatic rings.